The van der Waals surface area contributed by atoms with Crippen LogP contribution in [0.3, 0.4) is 0 Å². The summed E-state index contributed by atoms with van der Waals surface area (Å²) in [5.41, 5.74) is 2.16. The minimum atomic E-state index is 0.0843. The number of rotatable bonds is 8. The van der Waals surface area contributed by atoms with Crippen molar-refractivity contribution in [2.75, 3.05) is 25.6 Å². The zero-order valence-corrected chi connectivity index (χ0v) is 12.9. The first-order chi connectivity index (χ1) is 10.7. The molecule has 1 heterocycles. The molecule has 22 heavy (non-hydrogen) atoms. The molecule has 6 heteroatoms. The van der Waals surface area contributed by atoms with Gasteiger partial charge in [-0.3, -0.25) is 0 Å². The number of nitrogens with zero attached hydrogens (tertiary/aromatic N) is 2. The molecular formula is C16H22N4O2. The highest BCUT2D eigenvalue weighted by Crippen LogP contribution is 2.20. The van der Waals surface area contributed by atoms with Crippen LogP contribution in [0.25, 0.3) is 0 Å². The van der Waals surface area contributed by atoms with Crippen LogP contribution in [0.1, 0.15) is 24.1 Å². The Labute approximate surface area is 130 Å². The van der Waals surface area contributed by atoms with Crippen molar-refractivity contribution in [1.29, 1.82) is 0 Å². The Balaban J connectivity index is 2.02. The molecule has 0 radical (unpaired) electrons. The summed E-state index contributed by atoms with van der Waals surface area (Å²) < 4.78 is 5.15. The molecule has 0 saturated heterocycles. The van der Waals surface area contributed by atoms with E-state index in [0.29, 0.717) is 13.1 Å². The normalized spacial score (nSPS) is 12.0. The minimum Gasteiger partial charge on any atom is -0.497 e. The van der Waals surface area contributed by atoms with Gasteiger partial charge in [0, 0.05) is 24.7 Å². The fourth-order valence-electron chi connectivity index (χ4n) is 2.15. The van der Waals surface area contributed by atoms with E-state index < -0.39 is 0 Å². The van der Waals surface area contributed by atoms with E-state index in [0.717, 1.165) is 22.7 Å². The molecule has 3 N–H and O–H groups in total. The molecule has 1 atom stereocenters. The summed E-state index contributed by atoms with van der Waals surface area (Å²) in [5, 5.41) is 23.6. The number of aliphatic hydroxyl groups excluding tert-OH is 1. The predicted molar refractivity (Wildman–Crippen MR) is 85.9 cm³/mol. The highest BCUT2D eigenvalue weighted by Gasteiger charge is 2.11. The molecule has 0 fully saturated rings. The fourth-order valence-corrected chi connectivity index (χ4v) is 2.15. The second kappa shape index (κ2) is 8.31. The number of aliphatic hydroxyl groups is 1. The number of anilines is 1. The minimum absolute atomic E-state index is 0.0843. The predicted octanol–water partition coefficient (Wildman–Crippen LogP) is 1.74. The Morgan fingerprint density at radius 3 is 2.68 bits per heavy atom. The van der Waals surface area contributed by atoms with Crippen molar-refractivity contribution in [2.24, 2.45) is 0 Å². The van der Waals surface area contributed by atoms with Gasteiger partial charge >= 0.3 is 0 Å². The van der Waals surface area contributed by atoms with Crippen LogP contribution in [0.4, 0.5) is 5.82 Å². The summed E-state index contributed by atoms with van der Waals surface area (Å²) in [6.07, 6.45) is 1.67. The molecule has 0 saturated carbocycles. The lowest BCUT2D eigenvalue weighted by Gasteiger charge is -2.17. The highest BCUT2D eigenvalue weighted by atomic mass is 16.5. The third-order valence-corrected chi connectivity index (χ3v) is 3.40. The average Bonchev–Trinajstić information content (AvgIpc) is 2.58. The lowest BCUT2D eigenvalue weighted by atomic mass is 10.1. The van der Waals surface area contributed by atoms with Crippen LogP contribution in [-0.2, 0) is 6.54 Å². The molecule has 2 aromatic rings. The Morgan fingerprint density at radius 2 is 2.00 bits per heavy atom. The molecular weight excluding hydrogens is 280 g/mol. The molecule has 0 aliphatic heterocycles. The van der Waals surface area contributed by atoms with Crippen LogP contribution in [0.15, 0.2) is 36.5 Å². The fraction of sp³-hybridized carbons (Fsp3) is 0.375. The summed E-state index contributed by atoms with van der Waals surface area (Å²) in [7, 11) is 1.65. The van der Waals surface area contributed by atoms with Crippen LogP contribution in [-0.4, -0.2) is 35.6 Å². The van der Waals surface area contributed by atoms with Gasteiger partial charge in [-0.05, 0) is 30.7 Å². The highest BCUT2D eigenvalue weighted by molar-refractivity contribution is 5.45. The van der Waals surface area contributed by atoms with Gasteiger partial charge in [-0.15, -0.1) is 5.10 Å². The molecule has 0 spiro atoms. The van der Waals surface area contributed by atoms with Crippen molar-refractivity contribution in [3.05, 3.63) is 47.7 Å². The number of benzene rings is 1. The Morgan fingerprint density at radius 1 is 1.23 bits per heavy atom. The number of hydrogen-bond acceptors (Lipinski definition) is 6. The number of hydrogen-bond donors (Lipinski definition) is 3. The maximum absolute atomic E-state index is 8.91. The van der Waals surface area contributed by atoms with Gasteiger partial charge in [0.05, 0.1) is 19.9 Å². The molecule has 0 bridgehead atoms. The molecule has 2 rings (SSSR count). The second-order valence-electron chi connectivity index (χ2n) is 4.94. The van der Waals surface area contributed by atoms with Crippen molar-refractivity contribution in [2.45, 2.75) is 19.5 Å². The molecule has 0 amide bonds. The molecule has 0 aliphatic carbocycles. The lowest BCUT2D eigenvalue weighted by molar-refractivity contribution is 0.286. The van der Waals surface area contributed by atoms with E-state index in [1.54, 1.807) is 13.3 Å². The summed E-state index contributed by atoms with van der Waals surface area (Å²) in [6, 6.07) is 9.89. The van der Waals surface area contributed by atoms with Gasteiger partial charge in [0.1, 0.15) is 5.75 Å². The summed E-state index contributed by atoms with van der Waals surface area (Å²) in [6.45, 7) is 3.34. The summed E-state index contributed by atoms with van der Waals surface area (Å²) in [4.78, 5) is 0. The quantitative estimate of drug-likeness (QED) is 0.689. The zero-order valence-electron chi connectivity index (χ0n) is 12.9. The van der Waals surface area contributed by atoms with Gasteiger partial charge in [0.15, 0.2) is 5.82 Å². The summed E-state index contributed by atoms with van der Waals surface area (Å²) >= 11 is 0. The first-order valence-corrected chi connectivity index (χ1v) is 7.27. The van der Waals surface area contributed by atoms with Crippen LogP contribution in [0.5, 0.6) is 5.75 Å². The number of methoxy groups -OCH3 is 1. The van der Waals surface area contributed by atoms with Crippen LogP contribution < -0.4 is 15.4 Å². The van der Waals surface area contributed by atoms with Crippen molar-refractivity contribution in [3.8, 4) is 5.75 Å². The molecule has 0 aliphatic rings. The second-order valence-corrected chi connectivity index (χ2v) is 4.94. The van der Waals surface area contributed by atoms with Gasteiger partial charge in [0.2, 0.25) is 0 Å². The van der Waals surface area contributed by atoms with Gasteiger partial charge in [-0.25, -0.2) is 0 Å². The van der Waals surface area contributed by atoms with Gasteiger partial charge in [0.25, 0.3) is 0 Å². The van der Waals surface area contributed by atoms with Crippen molar-refractivity contribution in [1.82, 2.24) is 15.5 Å². The number of aromatic nitrogens is 2. The zero-order chi connectivity index (χ0) is 15.8. The average molecular weight is 302 g/mol. The topological polar surface area (TPSA) is 79.3 Å². The summed E-state index contributed by atoms with van der Waals surface area (Å²) in [5.74, 6) is 1.59. The van der Waals surface area contributed by atoms with Crippen LogP contribution in [0.2, 0.25) is 0 Å². The lowest BCUT2D eigenvalue weighted by Crippen LogP contribution is -2.23. The molecule has 118 valence electrons. The van der Waals surface area contributed by atoms with Gasteiger partial charge in [-0.2, -0.15) is 5.10 Å². The Kier molecular flexibility index (Phi) is 6.12. The first kappa shape index (κ1) is 16.2. The third kappa shape index (κ3) is 4.41. The first-order valence-electron chi connectivity index (χ1n) is 7.27. The van der Waals surface area contributed by atoms with E-state index in [2.05, 4.69) is 20.8 Å². The smallest absolute Gasteiger partial charge is 0.153 e. The van der Waals surface area contributed by atoms with E-state index in [4.69, 9.17) is 9.84 Å². The van der Waals surface area contributed by atoms with Gasteiger partial charge in [-0.1, -0.05) is 12.1 Å². The van der Waals surface area contributed by atoms with Gasteiger partial charge < -0.3 is 20.5 Å². The van der Waals surface area contributed by atoms with E-state index >= 15 is 0 Å². The van der Waals surface area contributed by atoms with E-state index in [1.165, 1.54) is 0 Å². The maximum atomic E-state index is 8.91. The van der Waals surface area contributed by atoms with Crippen molar-refractivity contribution in [3.63, 3.8) is 0 Å². The number of ether oxygens (including phenoxy) is 1. The molecule has 6 nitrogen and oxygen atoms in total. The van der Waals surface area contributed by atoms with Crippen LogP contribution in [0, 0.1) is 0 Å². The Bertz CT molecular complexity index is 575. The monoisotopic (exact) mass is 302 g/mol. The number of nitrogens with one attached hydrogen (secondary N) is 2. The maximum Gasteiger partial charge on any atom is 0.153 e. The van der Waals surface area contributed by atoms with Crippen LogP contribution >= 0.6 is 0 Å². The Hall–Kier alpha value is -2.18. The largest absolute Gasteiger partial charge is 0.497 e. The third-order valence-electron chi connectivity index (χ3n) is 3.40. The molecule has 1 aromatic carbocycles. The standard InChI is InChI=1S/C16H22N4O2/c1-12(17-9-10-21)15-7-8-19-20-16(15)18-11-13-3-5-14(22-2)6-4-13/h3-8,12,17,21H,9-11H2,1-2H3,(H,18,20)/t12-/m1/s1. The SMILES string of the molecule is COc1ccc(CNc2nnccc2[C@@H](C)NCCO)cc1. The van der Waals surface area contributed by atoms with E-state index in [-0.39, 0.29) is 12.6 Å². The van der Waals surface area contributed by atoms with E-state index in [1.807, 2.05) is 37.3 Å². The molecule has 0 unspecified atom stereocenters. The molecule has 1 aromatic heterocycles. The van der Waals surface area contributed by atoms with Crippen molar-refractivity contribution >= 4 is 5.82 Å². The van der Waals surface area contributed by atoms with E-state index in [9.17, 15) is 0 Å². The van der Waals surface area contributed by atoms with Crippen molar-refractivity contribution < 1.29 is 9.84 Å².